The van der Waals surface area contributed by atoms with Crippen LogP contribution < -0.4 is 5.32 Å². The van der Waals surface area contributed by atoms with Gasteiger partial charge in [-0.05, 0) is 18.4 Å². The fourth-order valence-electron chi connectivity index (χ4n) is 2.05. The molecular weight excluding hydrogens is 286 g/mol. The number of carboxylic acid groups (broad SMARTS) is 1. The summed E-state index contributed by atoms with van der Waals surface area (Å²) >= 11 is 1.33. The van der Waals surface area contributed by atoms with Crippen LogP contribution in [0.5, 0.6) is 0 Å². The smallest absolute Gasteiger partial charge is 0.303 e. The Bertz CT molecular complexity index is 571. The van der Waals surface area contributed by atoms with Crippen molar-refractivity contribution in [1.82, 2.24) is 9.36 Å². The van der Waals surface area contributed by atoms with Crippen LogP contribution in [0.3, 0.4) is 0 Å². The third-order valence-corrected chi connectivity index (χ3v) is 3.83. The molecule has 0 aliphatic rings. The van der Waals surface area contributed by atoms with Crippen molar-refractivity contribution in [2.45, 2.75) is 38.6 Å². The third kappa shape index (κ3) is 5.15. The molecule has 2 rings (SSSR count). The van der Waals surface area contributed by atoms with Gasteiger partial charge in [0.1, 0.15) is 5.82 Å². The molecule has 0 spiro atoms. The molecule has 1 aromatic heterocycles. The number of rotatable bonds is 8. The minimum absolute atomic E-state index is 0.0427. The van der Waals surface area contributed by atoms with Gasteiger partial charge in [0.2, 0.25) is 5.13 Å². The third-order valence-electron chi connectivity index (χ3n) is 3.14. The Balaban J connectivity index is 2.02. The average Bonchev–Trinajstić information content (AvgIpc) is 2.93. The molecule has 0 fully saturated rings. The molecular formula is C15H19N3O2S. The second-order valence-electron chi connectivity index (χ2n) is 4.83. The second kappa shape index (κ2) is 7.73. The monoisotopic (exact) mass is 305 g/mol. The Labute approximate surface area is 128 Å². The second-order valence-corrected chi connectivity index (χ2v) is 5.58. The summed E-state index contributed by atoms with van der Waals surface area (Å²) in [4.78, 5) is 15.2. The summed E-state index contributed by atoms with van der Waals surface area (Å²) in [6.45, 7) is 2.01. The highest BCUT2D eigenvalue weighted by Gasteiger charge is 2.14. The maximum absolute atomic E-state index is 10.8. The van der Waals surface area contributed by atoms with Crippen LogP contribution in [0.4, 0.5) is 5.13 Å². The first-order valence-electron chi connectivity index (χ1n) is 7.02. The van der Waals surface area contributed by atoms with Gasteiger partial charge in [0.05, 0.1) is 0 Å². The van der Waals surface area contributed by atoms with E-state index < -0.39 is 5.97 Å². The van der Waals surface area contributed by atoms with Gasteiger partial charge in [-0.25, -0.2) is 4.98 Å². The largest absolute Gasteiger partial charge is 0.481 e. The summed E-state index contributed by atoms with van der Waals surface area (Å²) in [6.07, 6.45) is 2.28. The van der Waals surface area contributed by atoms with Crippen LogP contribution in [0.1, 0.15) is 31.2 Å². The number of hydrogen-bond acceptors (Lipinski definition) is 5. The highest BCUT2D eigenvalue weighted by molar-refractivity contribution is 7.09. The molecule has 0 saturated heterocycles. The number of benzene rings is 1. The van der Waals surface area contributed by atoms with Gasteiger partial charge in [0, 0.05) is 30.4 Å². The Morgan fingerprint density at radius 1 is 1.38 bits per heavy atom. The molecule has 2 N–H and O–H groups in total. The number of carbonyl (C=O) groups is 1. The molecule has 1 atom stereocenters. The van der Waals surface area contributed by atoms with Gasteiger partial charge in [0.25, 0.3) is 0 Å². The molecule has 5 nitrogen and oxygen atoms in total. The molecule has 0 bridgehead atoms. The lowest BCUT2D eigenvalue weighted by Gasteiger charge is -2.17. The van der Waals surface area contributed by atoms with E-state index in [1.165, 1.54) is 17.1 Å². The topological polar surface area (TPSA) is 75.1 Å². The van der Waals surface area contributed by atoms with E-state index in [1.54, 1.807) is 0 Å². The van der Waals surface area contributed by atoms with Crippen molar-refractivity contribution in [3.8, 4) is 0 Å². The number of aliphatic carboxylic acids is 1. The highest BCUT2D eigenvalue weighted by atomic mass is 32.1. The zero-order valence-electron chi connectivity index (χ0n) is 12.0. The first-order valence-corrected chi connectivity index (χ1v) is 7.79. The van der Waals surface area contributed by atoms with E-state index >= 15 is 0 Å². The van der Waals surface area contributed by atoms with Gasteiger partial charge >= 0.3 is 5.97 Å². The van der Waals surface area contributed by atoms with E-state index in [9.17, 15) is 4.79 Å². The van der Waals surface area contributed by atoms with E-state index in [4.69, 9.17) is 5.11 Å². The number of nitrogens with one attached hydrogen (secondary N) is 1. The lowest BCUT2D eigenvalue weighted by Crippen LogP contribution is -2.23. The summed E-state index contributed by atoms with van der Waals surface area (Å²) in [5.74, 6) is 0.0422. The SMILES string of the molecule is CCc1nsc(NC(CCC(=O)O)Cc2ccccc2)n1. The van der Waals surface area contributed by atoms with Crippen LogP contribution in [0, 0.1) is 0 Å². The highest BCUT2D eigenvalue weighted by Crippen LogP contribution is 2.17. The number of anilines is 1. The number of aromatic nitrogens is 2. The molecule has 6 heteroatoms. The molecule has 0 aliphatic heterocycles. The van der Waals surface area contributed by atoms with Gasteiger partial charge in [-0.1, -0.05) is 37.3 Å². The van der Waals surface area contributed by atoms with Crippen LogP contribution in [0.2, 0.25) is 0 Å². The summed E-state index contributed by atoms with van der Waals surface area (Å²) in [7, 11) is 0. The number of aryl methyl sites for hydroxylation is 1. The van der Waals surface area contributed by atoms with Crippen molar-refractivity contribution < 1.29 is 9.90 Å². The molecule has 1 unspecified atom stereocenters. The van der Waals surface area contributed by atoms with Crippen molar-refractivity contribution in [1.29, 1.82) is 0 Å². The summed E-state index contributed by atoms with van der Waals surface area (Å²) < 4.78 is 4.24. The molecule has 1 aromatic carbocycles. The van der Waals surface area contributed by atoms with E-state index in [0.717, 1.165) is 23.8 Å². The maximum Gasteiger partial charge on any atom is 0.303 e. The van der Waals surface area contributed by atoms with E-state index in [-0.39, 0.29) is 12.5 Å². The molecule has 21 heavy (non-hydrogen) atoms. The van der Waals surface area contributed by atoms with Gasteiger partial charge in [-0.3, -0.25) is 4.79 Å². The van der Waals surface area contributed by atoms with Crippen LogP contribution in [-0.4, -0.2) is 26.5 Å². The minimum Gasteiger partial charge on any atom is -0.481 e. The summed E-state index contributed by atoms with van der Waals surface area (Å²) in [5, 5.41) is 13.0. The van der Waals surface area contributed by atoms with E-state index in [2.05, 4.69) is 14.7 Å². The molecule has 0 radical (unpaired) electrons. The maximum atomic E-state index is 10.8. The molecule has 0 saturated carbocycles. The van der Waals surface area contributed by atoms with E-state index in [0.29, 0.717) is 6.42 Å². The van der Waals surface area contributed by atoms with Crippen LogP contribution >= 0.6 is 11.5 Å². The Kier molecular flexibility index (Phi) is 5.68. The first kappa shape index (κ1) is 15.4. The standard InChI is InChI=1S/C15H19N3O2S/c1-2-13-17-15(21-18-13)16-12(8-9-14(19)20)10-11-6-4-3-5-7-11/h3-7,12H,2,8-10H2,1H3,(H,19,20)(H,16,17,18). The fourth-order valence-corrected chi connectivity index (χ4v) is 2.78. The predicted octanol–water partition coefficient (Wildman–Crippen LogP) is 2.99. The molecule has 2 aromatic rings. The molecule has 1 heterocycles. The molecule has 112 valence electrons. The van der Waals surface area contributed by atoms with Crippen molar-refractivity contribution >= 4 is 22.6 Å². The van der Waals surface area contributed by atoms with Crippen LogP contribution in [0.15, 0.2) is 30.3 Å². The van der Waals surface area contributed by atoms with Crippen LogP contribution in [-0.2, 0) is 17.6 Å². The normalized spacial score (nSPS) is 12.0. The average molecular weight is 305 g/mol. The van der Waals surface area contributed by atoms with Gasteiger partial charge in [0.15, 0.2) is 0 Å². The van der Waals surface area contributed by atoms with Gasteiger partial charge < -0.3 is 10.4 Å². The molecule has 0 amide bonds. The molecule has 0 aliphatic carbocycles. The number of nitrogens with zero attached hydrogens (tertiary/aromatic N) is 2. The van der Waals surface area contributed by atoms with E-state index in [1.807, 2.05) is 37.3 Å². The minimum atomic E-state index is -0.777. The fraction of sp³-hybridized carbons (Fsp3) is 0.400. The quantitative estimate of drug-likeness (QED) is 0.784. The Morgan fingerprint density at radius 3 is 2.76 bits per heavy atom. The van der Waals surface area contributed by atoms with Gasteiger partial charge in [-0.2, -0.15) is 4.37 Å². The lowest BCUT2D eigenvalue weighted by molar-refractivity contribution is -0.137. The van der Waals surface area contributed by atoms with Crippen molar-refractivity contribution in [3.05, 3.63) is 41.7 Å². The summed E-state index contributed by atoms with van der Waals surface area (Å²) in [6, 6.07) is 10.1. The van der Waals surface area contributed by atoms with Crippen molar-refractivity contribution in [2.75, 3.05) is 5.32 Å². The van der Waals surface area contributed by atoms with Crippen LogP contribution in [0.25, 0.3) is 0 Å². The number of carboxylic acids is 1. The predicted molar refractivity (Wildman–Crippen MR) is 83.7 cm³/mol. The number of hydrogen-bond donors (Lipinski definition) is 2. The Hall–Kier alpha value is -1.95. The first-order chi connectivity index (χ1) is 10.2. The Morgan fingerprint density at radius 2 is 2.14 bits per heavy atom. The summed E-state index contributed by atoms with van der Waals surface area (Å²) in [5.41, 5.74) is 1.18. The zero-order chi connectivity index (χ0) is 15.1. The lowest BCUT2D eigenvalue weighted by atomic mass is 10.0. The zero-order valence-corrected chi connectivity index (χ0v) is 12.8. The van der Waals surface area contributed by atoms with Gasteiger partial charge in [-0.15, -0.1) is 0 Å². The van der Waals surface area contributed by atoms with Crippen molar-refractivity contribution in [2.24, 2.45) is 0 Å². The van der Waals surface area contributed by atoms with Crippen molar-refractivity contribution in [3.63, 3.8) is 0 Å².